The number of aliphatic hydroxyl groups excluding tert-OH is 1. The molecule has 6 nitrogen and oxygen atoms in total. The molecule has 0 aliphatic heterocycles. The molecule has 2 aromatic rings. The standard InChI is InChI=1S/C15H20N4O2/c16-11-2-1-10(13(17)7-11)9-21-15-4-3-12(8-14(15)18)19-5-6-20/h1-4,7-8,19-20H,5-6,9,16-18H2. The van der Waals surface area contributed by atoms with E-state index >= 15 is 0 Å². The van der Waals surface area contributed by atoms with Gasteiger partial charge in [0.05, 0.1) is 12.3 Å². The zero-order valence-electron chi connectivity index (χ0n) is 11.7. The van der Waals surface area contributed by atoms with E-state index in [-0.39, 0.29) is 6.61 Å². The average molecular weight is 288 g/mol. The lowest BCUT2D eigenvalue weighted by Crippen LogP contribution is -2.06. The van der Waals surface area contributed by atoms with Crippen molar-refractivity contribution in [3.63, 3.8) is 0 Å². The molecule has 0 bridgehead atoms. The van der Waals surface area contributed by atoms with Crippen LogP contribution in [-0.2, 0) is 6.61 Å². The average Bonchev–Trinajstić information content (AvgIpc) is 2.45. The van der Waals surface area contributed by atoms with E-state index in [9.17, 15) is 0 Å². The summed E-state index contributed by atoms with van der Waals surface area (Å²) in [7, 11) is 0. The zero-order valence-corrected chi connectivity index (χ0v) is 11.7. The van der Waals surface area contributed by atoms with Gasteiger partial charge in [0.1, 0.15) is 12.4 Å². The molecule has 0 spiro atoms. The summed E-state index contributed by atoms with van der Waals surface area (Å²) in [5.74, 6) is 0.584. The molecule has 0 aromatic heterocycles. The molecule has 0 heterocycles. The van der Waals surface area contributed by atoms with Gasteiger partial charge in [-0.2, -0.15) is 0 Å². The Bertz CT molecular complexity index is 617. The van der Waals surface area contributed by atoms with Gasteiger partial charge in [0.25, 0.3) is 0 Å². The molecule has 0 aliphatic rings. The minimum atomic E-state index is 0.0641. The van der Waals surface area contributed by atoms with E-state index < -0.39 is 0 Å². The summed E-state index contributed by atoms with van der Waals surface area (Å²) in [5.41, 5.74) is 20.9. The Hall–Kier alpha value is -2.60. The molecule has 8 N–H and O–H groups in total. The van der Waals surface area contributed by atoms with Crippen LogP contribution >= 0.6 is 0 Å². The highest BCUT2D eigenvalue weighted by Crippen LogP contribution is 2.26. The van der Waals surface area contributed by atoms with Crippen molar-refractivity contribution in [3.05, 3.63) is 42.0 Å². The van der Waals surface area contributed by atoms with Crippen molar-refractivity contribution in [1.82, 2.24) is 0 Å². The zero-order chi connectivity index (χ0) is 15.2. The molecule has 6 heteroatoms. The smallest absolute Gasteiger partial charge is 0.142 e. The monoisotopic (exact) mass is 288 g/mol. The fourth-order valence-corrected chi connectivity index (χ4v) is 1.89. The Balaban J connectivity index is 2.02. The molecule has 2 rings (SSSR count). The van der Waals surface area contributed by atoms with Crippen LogP contribution in [0.3, 0.4) is 0 Å². The topological polar surface area (TPSA) is 120 Å². The largest absolute Gasteiger partial charge is 0.487 e. The summed E-state index contributed by atoms with van der Waals surface area (Å²) in [6.07, 6.45) is 0. The van der Waals surface area contributed by atoms with Crippen LogP contribution in [0.4, 0.5) is 22.7 Å². The lowest BCUT2D eigenvalue weighted by atomic mass is 10.2. The van der Waals surface area contributed by atoms with Crippen LogP contribution in [-0.4, -0.2) is 18.3 Å². The van der Waals surface area contributed by atoms with E-state index in [1.165, 1.54) is 0 Å². The van der Waals surface area contributed by atoms with Gasteiger partial charge in [-0.25, -0.2) is 0 Å². The summed E-state index contributed by atoms with van der Waals surface area (Å²) < 4.78 is 5.68. The van der Waals surface area contributed by atoms with Crippen LogP contribution < -0.4 is 27.3 Å². The van der Waals surface area contributed by atoms with Crippen molar-refractivity contribution < 1.29 is 9.84 Å². The Kier molecular flexibility index (Phi) is 4.73. The van der Waals surface area contributed by atoms with Crippen LogP contribution in [0.1, 0.15) is 5.56 Å². The molecule has 0 unspecified atom stereocenters. The van der Waals surface area contributed by atoms with Crippen molar-refractivity contribution >= 4 is 22.7 Å². The molecular weight excluding hydrogens is 268 g/mol. The van der Waals surface area contributed by atoms with Crippen molar-refractivity contribution in [3.8, 4) is 5.75 Å². The summed E-state index contributed by atoms with van der Waals surface area (Å²) in [4.78, 5) is 0. The SMILES string of the molecule is Nc1ccc(COc2ccc(NCCO)cc2N)c(N)c1. The fourth-order valence-electron chi connectivity index (χ4n) is 1.89. The summed E-state index contributed by atoms with van der Waals surface area (Å²) >= 11 is 0. The first-order valence-corrected chi connectivity index (χ1v) is 6.61. The summed E-state index contributed by atoms with van der Waals surface area (Å²) in [6, 6.07) is 10.7. The number of anilines is 4. The van der Waals surface area contributed by atoms with Crippen molar-refractivity contribution in [2.75, 3.05) is 35.7 Å². The highest BCUT2D eigenvalue weighted by molar-refractivity contribution is 5.62. The molecular formula is C15H20N4O2. The maximum absolute atomic E-state index is 8.77. The lowest BCUT2D eigenvalue weighted by Gasteiger charge is -2.12. The molecule has 0 saturated carbocycles. The minimum Gasteiger partial charge on any atom is -0.487 e. The second kappa shape index (κ2) is 6.71. The van der Waals surface area contributed by atoms with E-state index in [1.807, 2.05) is 12.1 Å². The molecule has 0 aliphatic carbocycles. The third kappa shape index (κ3) is 3.93. The molecule has 0 fully saturated rings. The van der Waals surface area contributed by atoms with E-state index in [1.54, 1.807) is 24.3 Å². The summed E-state index contributed by atoms with van der Waals surface area (Å²) in [5, 5.41) is 11.8. The molecule has 0 saturated heterocycles. The maximum Gasteiger partial charge on any atom is 0.142 e. The van der Waals surface area contributed by atoms with Crippen molar-refractivity contribution in [2.45, 2.75) is 6.61 Å². The number of ether oxygens (including phenoxy) is 1. The molecule has 2 aromatic carbocycles. The first-order valence-electron chi connectivity index (χ1n) is 6.61. The van der Waals surface area contributed by atoms with E-state index in [4.69, 9.17) is 27.0 Å². The number of hydrogen-bond acceptors (Lipinski definition) is 6. The predicted octanol–water partition coefficient (Wildman–Crippen LogP) is 1.42. The number of nitrogens with two attached hydrogens (primary N) is 3. The number of hydrogen-bond donors (Lipinski definition) is 5. The highest BCUT2D eigenvalue weighted by atomic mass is 16.5. The predicted molar refractivity (Wildman–Crippen MR) is 86.0 cm³/mol. The van der Waals surface area contributed by atoms with Crippen LogP contribution in [0.15, 0.2) is 36.4 Å². The van der Waals surface area contributed by atoms with Gasteiger partial charge in [-0.15, -0.1) is 0 Å². The summed E-state index contributed by atoms with van der Waals surface area (Å²) in [6.45, 7) is 0.857. The third-order valence-electron chi connectivity index (χ3n) is 3.00. The Labute approximate surface area is 123 Å². The Morgan fingerprint density at radius 3 is 2.48 bits per heavy atom. The van der Waals surface area contributed by atoms with E-state index in [0.29, 0.717) is 36.0 Å². The number of benzene rings is 2. The van der Waals surface area contributed by atoms with Gasteiger partial charge >= 0.3 is 0 Å². The third-order valence-corrected chi connectivity index (χ3v) is 3.00. The highest BCUT2D eigenvalue weighted by Gasteiger charge is 2.05. The number of rotatable bonds is 6. The van der Waals surface area contributed by atoms with Crippen LogP contribution in [0, 0.1) is 0 Å². The number of nitrogens with one attached hydrogen (secondary N) is 1. The quantitative estimate of drug-likeness (QED) is 0.513. The lowest BCUT2D eigenvalue weighted by molar-refractivity contribution is 0.308. The van der Waals surface area contributed by atoms with Gasteiger partial charge in [-0.1, -0.05) is 6.07 Å². The second-order valence-electron chi connectivity index (χ2n) is 4.65. The normalized spacial score (nSPS) is 10.3. The Morgan fingerprint density at radius 2 is 1.81 bits per heavy atom. The van der Waals surface area contributed by atoms with Crippen molar-refractivity contribution in [2.24, 2.45) is 0 Å². The van der Waals surface area contributed by atoms with E-state index in [0.717, 1.165) is 11.3 Å². The van der Waals surface area contributed by atoms with Crippen molar-refractivity contribution in [1.29, 1.82) is 0 Å². The molecule has 112 valence electrons. The minimum absolute atomic E-state index is 0.0641. The van der Waals surface area contributed by atoms with Gasteiger partial charge in [0.15, 0.2) is 0 Å². The van der Waals surface area contributed by atoms with Crippen LogP contribution in [0.25, 0.3) is 0 Å². The van der Waals surface area contributed by atoms with Gasteiger partial charge in [-0.05, 0) is 30.3 Å². The van der Waals surface area contributed by atoms with Crippen LogP contribution in [0.2, 0.25) is 0 Å². The Morgan fingerprint density at radius 1 is 1.00 bits per heavy atom. The molecule has 0 radical (unpaired) electrons. The first-order chi connectivity index (χ1) is 10.1. The number of aliphatic hydroxyl groups is 1. The van der Waals surface area contributed by atoms with Gasteiger partial charge in [0.2, 0.25) is 0 Å². The van der Waals surface area contributed by atoms with E-state index in [2.05, 4.69) is 5.32 Å². The first kappa shape index (κ1) is 14.8. The maximum atomic E-state index is 8.77. The van der Waals surface area contributed by atoms with Gasteiger partial charge in [-0.3, -0.25) is 0 Å². The van der Waals surface area contributed by atoms with Crippen LogP contribution in [0.5, 0.6) is 5.75 Å². The number of nitrogen functional groups attached to an aromatic ring is 3. The molecule has 0 amide bonds. The molecule has 0 atom stereocenters. The van der Waals surface area contributed by atoms with Gasteiger partial charge in [0, 0.05) is 29.2 Å². The van der Waals surface area contributed by atoms with Gasteiger partial charge < -0.3 is 32.4 Å². The second-order valence-corrected chi connectivity index (χ2v) is 4.65. The molecule has 21 heavy (non-hydrogen) atoms. The fraction of sp³-hybridized carbons (Fsp3) is 0.200.